The number of fused-ring (bicyclic) bond motifs is 1. The van der Waals surface area contributed by atoms with E-state index in [2.05, 4.69) is 10.3 Å². The third kappa shape index (κ3) is 2.51. The molecular formula is C15H12N2O4. The van der Waals surface area contributed by atoms with Crippen molar-refractivity contribution in [3.63, 3.8) is 0 Å². The number of carbonyl (C=O) groups excluding carboxylic acids is 1. The smallest absolute Gasteiger partial charge is 0.371 e. The fourth-order valence-corrected chi connectivity index (χ4v) is 2.12. The summed E-state index contributed by atoms with van der Waals surface area (Å²) < 4.78 is 5.08. The Morgan fingerprint density at radius 3 is 2.81 bits per heavy atom. The molecule has 0 aliphatic heterocycles. The van der Waals surface area contributed by atoms with Gasteiger partial charge in [-0.25, -0.2) is 4.79 Å². The fraction of sp³-hybridized carbons (Fsp3) is 0.0667. The van der Waals surface area contributed by atoms with Gasteiger partial charge in [0.25, 0.3) is 5.91 Å². The molecule has 0 unspecified atom stereocenters. The number of aromatic carboxylic acids is 1. The number of nitrogens with one attached hydrogen (secondary N) is 2. The van der Waals surface area contributed by atoms with Gasteiger partial charge >= 0.3 is 5.97 Å². The Morgan fingerprint density at radius 2 is 2.05 bits per heavy atom. The van der Waals surface area contributed by atoms with Crippen molar-refractivity contribution in [3.8, 4) is 0 Å². The number of H-pyrrole nitrogens is 1. The van der Waals surface area contributed by atoms with Gasteiger partial charge in [-0.2, -0.15) is 0 Å². The van der Waals surface area contributed by atoms with E-state index in [1.807, 2.05) is 12.1 Å². The summed E-state index contributed by atoms with van der Waals surface area (Å²) in [6.45, 7) is 0.128. The third-order valence-electron chi connectivity index (χ3n) is 3.13. The Bertz CT molecular complexity index is 816. The SMILES string of the molecule is O=C(O)c1ccc(CNC(=O)c2cccc3cc[nH]c23)o1. The zero-order chi connectivity index (χ0) is 14.8. The molecule has 6 heteroatoms. The van der Waals surface area contributed by atoms with E-state index >= 15 is 0 Å². The number of aromatic nitrogens is 1. The monoisotopic (exact) mass is 284 g/mol. The van der Waals surface area contributed by atoms with Crippen molar-refractivity contribution in [2.45, 2.75) is 6.54 Å². The van der Waals surface area contributed by atoms with Crippen LogP contribution in [-0.2, 0) is 6.54 Å². The normalized spacial score (nSPS) is 10.7. The van der Waals surface area contributed by atoms with Gasteiger partial charge in [0.15, 0.2) is 0 Å². The van der Waals surface area contributed by atoms with Crippen molar-refractivity contribution in [2.75, 3.05) is 0 Å². The molecular weight excluding hydrogens is 272 g/mol. The largest absolute Gasteiger partial charge is 0.475 e. The van der Waals surface area contributed by atoms with Crippen LogP contribution in [0.4, 0.5) is 0 Å². The van der Waals surface area contributed by atoms with E-state index in [1.165, 1.54) is 12.1 Å². The predicted octanol–water partition coefficient (Wildman–Crippen LogP) is 2.39. The highest BCUT2D eigenvalue weighted by molar-refractivity contribution is 6.05. The lowest BCUT2D eigenvalue weighted by molar-refractivity contribution is 0.0660. The number of aromatic amines is 1. The number of carbonyl (C=O) groups is 2. The minimum Gasteiger partial charge on any atom is -0.475 e. The lowest BCUT2D eigenvalue weighted by Crippen LogP contribution is -2.22. The van der Waals surface area contributed by atoms with Crippen LogP contribution in [0.15, 0.2) is 47.0 Å². The topological polar surface area (TPSA) is 95.3 Å². The number of hydrogen-bond acceptors (Lipinski definition) is 3. The van der Waals surface area contributed by atoms with Gasteiger partial charge in [0.1, 0.15) is 5.76 Å². The van der Waals surface area contributed by atoms with Crippen molar-refractivity contribution in [1.29, 1.82) is 0 Å². The molecule has 21 heavy (non-hydrogen) atoms. The average molecular weight is 284 g/mol. The molecule has 3 N–H and O–H groups in total. The van der Waals surface area contributed by atoms with Crippen LogP contribution < -0.4 is 5.32 Å². The summed E-state index contributed by atoms with van der Waals surface area (Å²) >= 11 is 0. The van der Waals surface area contributed by atoms with E-state index in [9.17, 15) is 9.59 Å². The van der Waals surface area contributed by atoms with Gasteiger partial charge in [-0.1, -0.05) is 12.1 Å². The highest BCUT2D eigenvalue weighted by Gasteiger charge is 2.12. The van der Waals surface area contributed by atoms with E-state index in [-0.39, 0.29) is 18.2 Å². The zero-order valence-corrected chi connectivity index (χ0v) is 10.9. The van der Waals surface area contributed by atoms with Gasteiger partial charge in [0, 0.05) is 11.6 Å². The summed E-state index contributed by atoms with van der Waals surface area (Å²) in [5, 5.41) is 12.4. The van der Waals surface area contributed by atoms with Crippen molar-refractivity contribution >= 4 is 22.8 Å². The van der Waals surface area contributed by atoms with Crippen LogP contribution >= 0.6 is 0 Å². The van der Waals surface area contributed by atoms with Crippen LogP contribution in [0, 0.1) is 0 Å². The van der Waals surface area contributed by atoms with Gasteiger partial charge in [-0.15, -0.1) is 0 Å². The minimum atomic E-state index is -1.14. The number of rotatable bonds is 4. The molecule has 2 heterocycles. The first-order valence-corrected chi connectivity index (χ1v) is 6.31. The second-order valence-corrected chi connectivity index (χ2v) is 4.50. The van der Waals surface area contributed by atoms with Gasteiger partial charge in [-0.05, 0) is 24.3 Å². The first-order valence-electron chi connectivity index (χ1n) is 6.31. The Labute approximate surface area is 119 Å². The van der Waals surface area contributed by atoms with Crippen molar-refractivity contribution in [2.24, 2.45) is 0 Å². The predicted molar refractivity (Wildman–Crippen MR) is 75.1 cm³/mol. The molecule has 3 aromatic rings. The van der Waals surface area contributed by atoms with Crippen LogP contribution in [0.2, 0.25) is 0 Å². The third-order valence-corrected chi connectivity index (χ3v) is 3.13. The fourth-order valence-electron chi connectivity index (χ4n) is 2.12. The average Bonchev–Trinajstić information content (AvgIpc) is 3.12. The molecule has 0 spiro atoms. The van der Waals surface area contributed by atoms with Gasteiger partial charge in [0.05, 0.1) is 17.6 Å². The molecule has 0 fully saturated rings. The van der Waals surface area contributed by atoms with Gasteiger partial charge in [-0.3, -0.25) is 4.79 Å². The standard InChI is InChI=1S/C15H12N2O4/c18-14(11-3-1-2-9-6-7-16-13(9)11)17-8-10-4-5-12(21-10)15(19)20/h1-7,16H,8H2,(H,17,18)(H,19,20). The molecule has 0 aliphatic carbocycles. The summed E-state index contributed by atoms with van der Waals surface area (Å²) in [7, 11) is 0. The van der Waals surface area contributed by atoms with Crippen LogP contribution in [0.1, 0.15) is 26.7 Å². The number of benzene rings is 1. The molecule has 0 aliphatic rings. The van der Waals surface area contributed by atoms with E-state index < -0.39 is 5.97 Å². The van der Waals surface area contributed by atoms with Crippen molar-refractivity contribution < 1.29 is 19.1 Å². The Hall–Kier alpha value is -3.02. The molecule has 106 valence electrons. The lowest BCUT2D eigenvalue weighted by Gasteiger charge is -2.04. The number of hydrogen-bond donors (Lipinski definition) is 3. The molecule has 0 radical (unpaired) electrons. The number of carboxylic acid groups (broad SMARTS) is 1. The summed E-state index contributed by atoms with van der Waals surface area (Å²) in [5.41, 5.74) is 1.29. The molecule has 0 saturated carbocycles. The molecule has 0 saturated heterocycles. The number of amides is 1. The maximum atomic E-state index is 12.2. The Morgan fingerprint density at radius 1 is 1.19 bits per heavy atom. The highest BCUT2D eigenvalue weighted by Crippen LogP contribution is 2.17. The quantitative estimate of drug-likeness (QED) is 0.685. The summed E-state index contributed by atoms with van der Waals surface area (Å²) in [6, 6.07) is 10.2. The number of furan rings is 1. The summed E-state index contributed by atoms with van der Waals surface area (Å²) in [4.78, 5) is 25.9. The lowest BCUT2D eigenvalue weighted by atomic mass is 10.1. The number of para-hydroxylation sites is 1. The second kappa shape index (κ2) is 5.16. The zero-order valence-electron chi connectivity index (χ0n) is 10.9. The molecule has 1 amide bonds. The van der Waals surface area contributed by atoms with E-state index in [1.54, 1.807) is 18.3 Å². The molecule has 3 rings (SSSR count). The van der Waals surface area contributed by atoms with Crippen molar-refractivity contribution in [3.05, 3.63) is 59.7 Å². The van der Waals surface area contributed by atoms with Crippen molar-refractivity contribution in [1.82, 2.24) is 10.3 Å². The van der Waals surface area contributed by atoms with Gasteiger partial charge < -0.3 is 19.8 Å². The van der Waals surface area contributed by atoms with E-state index in [0.717, 1.165) is 10.9 Å². The van der Waals surface area contributed by atoms with Gasteiger partial charge in [0.2, 0.25) is 5.76 Å². The molecule has 0 bridgehead atoms. The molecule has 2 aromatic heterocycles. The maximum absolute atomic E-state index is 12.2. The minimum absolute atomic E-state index is 0.128. The maximum Gasteiger partial charge on any atom is 0.371 e. The second-order valence-electron chi connectivity index (χ2n) is 4.50. The van der Waals surface area contributed by atoms with E-state index in [4.69, 9.17) is 9.52 Å². The first-order chi connectivity index (χ1) is 10.1. The highest BCUT2D eigenvalue weighted by atomic mass is 16.4. The summed E-state index contributed by atoms with van der Waals surface area (Å²) in [6.07, 6.45) is 1.77. The van der Waals surface area contributed by atoms with Crippen LogP contribution in [-0.4, -0.2) is 22.0 Å². The molecule has 6 nitrogen and oxygen atoms in total. The molecule has 1 aromatic carbocycles. The Balaban J connectivity index is 1.74. The van der Waals surface area contributed by atoms with Crippen LogP contribution in [0.25, 0.3) is 10.9 Å². The van der Waals surface area contributed by atoms with E-state index in [0.29, 0.717) is 11.3 Å². The molecule has 0 atom stereocenters. The Kier molecular flexibility index (Phi) is 3.19. The summed E-state index contributed by atoms with van der Waals surface area (Å²) in [5.74, 6) is -1.15. The van der Waals surface area contributed by atoms with Crippen LogP contribution in [0.3, 0.4) is 0 Å². The number of carboxylic acids is 1. The van der Waals surface area contributed by atoms with Crippen LogP contribution in [0.5, 0.6) is 0 Å². The first kappa shape index (κ1) is 13.0.